The lowest BCUT2D eigenvalue weighted by Crippen LogP contribution is -2.30. The Morgan fingerprint density at radius 2 is 2.14 bits per heavy atom. The summed E-state index contributed by atoms with van der Waals surface area (Å²) >= 11 is 3.66. The molecule has 4 rings (SSSR count). The van der Waals surface area contributed by atoms with Crippen LogP contribution < -0.4 is 5.32 Å². The zero-order valence-electron chi connectivity index (χ0n) is 12.8. The standard InChI is InChI=1S/C17H21BrN4/c1-21-11-5-4-8-15(21)16-12-9-10-19-17(12)22(20-16)14-7-3-2-6-13(14)18/h2-3,6-7,15,19H,4-5,8-11H2,1H3. The smallest absolute Gasteiger partial charge is 0.133 e. The number of para-hydroxylation sites is 1. The van der Waals surface area contributed by atoms with Gasteiger partial charge in [-0.2, -0.15) is 5.10 Å². The average Bonchev–Trinajstić information content (AvgIpc) is 3.11. The van der Waals surface area contributed by atoms with Gasteiger partial charge >= 0.3 is 0 Å². The van der Waals surface area contributed by atoms with Crippen molar-refractivity contribution in [1.82, 2.24) is 14.7 Å². The number of fused-ring (bicyclic) bond motifs is 1. The molecule has 116 valence electrons. The van der Waals surface area contributed by atoms with E-state index in [4.69, 9.17) is 5.10 Å². The molecule has 0 radical (unpaired) electrons. The molecule has 1 unspecified atom stereocenters. The van der Waals surface area contributed by atoms with Crippen LogP contribution in [0.4, 0.5) is 5.82 Å². The van der Waals surface area contributed by atoms with E-state index in [9.17, 15) is 0 Å². The van der Waals surface area contributed by atoms with Gasteiger partial charge in [0.1, 0.15) is 5.82 Å². The fourth-order valence-corrected chi connectivity index (χ4v) is 4.14. The van der Waals surface area contributed by atoms with Crippen molar-refractivity contribution in [2.75, 3.05) is 25.5 Å². The maximum atomic E-state index is 5.02. The number of aromatic nitrogens is 2. The molecule has 5 heteroatoms. The molecule has 2 aromatic rings. The van der Waals surface area contributed by atoms with E-state index in [1.54, 1.807) is 0 Å². The highest BCUT2D eigenvalue weighted by molar-refractivity contribution is 9.10. The maximum absolute atomic E-state index is 5.02. The number of halogens is 1. The summed E-state index contributed by atoms with van der Waals surface area (Å²) in [6.45, 7) is 2.19. The predicted molar refractivity (Wildman–Crippen MR) is 92.7 cm³/mol. The third kappa shape index (κ3) is 2.27. The minimum atomic E-state index is 0.464. The van der Waals surface area contributed by atoms with Crippen molar-refractivity contribution in [1.29, 1.82) is 0 Å². The number of nitrogens with zero attached hydrogens (tertiary/aromatic N) is 3. The van der Waals surface area contributed by atoms with E-state index in [1.807, 2.05) is 6.07 Å². The van der Waals surface area contributed by atoms with Crippen LogP contribution >= 0.6 is 15.9 Å². The molecule has 1 saturated heterocycles. The van der Waals surface area contributed by atoms with E-state index in [-0.39, 0.29) is 0 Å². The Kier molecular flexibility index (Phi) is 3.70. The first-order chi connectivity index (χ1) is 10.8. The largest absolute Gasteiger partial charge is 0.369 e. The van der Waals surface area contributed by atoms with Crippen molar-refractivity contribution in [2.24, 2.45) is 0 Å². The summed E-state index contributed by atoms with van der Waals surface area (Å²) in [6, 6.07) is 8.76. The molecule has 1 fully saturated rings. The topological polar surface area (TPSA) is 33.1 Å². The van der Waals surface area contributed by atoms with Crippen LogP contribution in [0.5, 0.6) is 0 Å². The Balaban J connectivity index is 1.82. The van der Waals surface area contributed by atoms with Crippen molar-refractivity contribution in [3.63, 3.8) is 0 Å². The summed E-state index contributed by atoms with van der Waals surface area (Å²) in [4.78, 5) is 2.47. The number of hydrogen-bond acceptors (Lipinski definition) is 3. The minimum Gasteiger partial charge on any atom is -0.369 e. The van der Waals surface area contributed by atoms with E-state index in [2.05, 4.69) is 56.1 Å². The molecule has 1 atom stereocenters. The van der Waals surface area contributed by atoms with Crippen molar-refractivity contribution in [3.05, 3.63) is 40.0 Å². The number of nitrogens with one attached hydrogen (secondary N) is 1. The molecule has 0 bridgehead atoms. The lowest BCUT2D eigenvalue weighted by atomic mass is 9.97. The normalized spacial score (nSPS) is 21.6. The van der Waals surface area contributed by atoms with Gasteiger partial charge in [-0.3, -0.25) is 4.90 Å². The van der Waals surface area contributed by atoms with Crippen LogP contribution in [0, 0.1) is 0 Å². The average molecular weight is 361 g/mol. The molecule has 0 spiro atoms. The molecule has 22 heavy (non-hydrogen) atoms. The van der Waals surface area contributed by atoms with E-state index in [0.717, 1.165) is 23.1 Å². The highest BCUT2D eigenvalue weighted by Crippen LogP contribution is 2.38. The van der Waals surface area contributed by atoms with Crippen molar-refractivity contribution >= 4 is 21.7 Å². The zero-order valence-corrected chi connectivity index (χ0v) is 14.4. The van der Waals surface area contributed by atoms with E-state index in [1.165, 1.54) is 42.9 Å². The fraction of sp³-hybridized carbons (Fsp3) is 0.471. The molecular formula is C17H21BrN4. The van der Waals surface area contributed by atoms with Crippen LogP contribution in [-0.4, -0.2) is 34.8 Å². The zero-order chi connectivity index (χ0) is 15.1. The highest BCUT2D eigenvalue weighted by atomic mass is 79.9. The van der Waals surface area contributed by atoms with Crippen LogP contribution in [0.15, 0.2) is 28.7 Å². The third-order valence-corrected chi connectivity index (χ3v) is 5.52. The van der Waals surface area contributed by atoms with Gasteiger partial charge < -0.3 is 5.32 Å². The maximum Gasteiger partial charge on any atom is 0.133 e. The van der Waals surface area contributed by atoms with Crippen molar-refractivity contribution < 1.29 is 0 Å². The van der Waals surface area contributed by atoms with Gasteiger partial charge in [-0.15, -0.1) is 0 Å². The summed E-state index contributed by atoms with van der Waals surface area (Å²) in [5, 5.41) is 8.55. The number of benzene rings is 1. The van der Waals surface area contributed by atoms with Gasteiger partial charge in [-0.05, 0) is 60.9 Å². The summed E-state index contributed by atoms with van der Waals surface area (Å²) in [5.74, 6) is 1.18. The van der Waals surface area contributed by atoms with Crippen LogP contribution in [0.1, 0.15) is 36.6 Å². The molecule has 1 N–H and O–H groups in total. The molecule has 0 amide bonds. The summed E-state index contributed by atoms with van der Waals surface area (Å²) in [6.07, 6.45) is 4.91. The van der Waals surface area contributed by atoms with Gasteiger partial charge in [0.15, 0.2) is 0 Å². The van der Waals surface area contributed by atoms with Gasteiger partial charge in [0, 0.05) is 16.6 Å². The van der Waals surface area contributed by atoms with Gasteiger partial charge in [-0.25, -0.2) is 4.68 Å². The van der Waals surface area contributed by atoms with Gasteiger partial charge in [0.2, 0.25) is 0 Å². The number of hydrogen-bond donors (Lipinski definition) is 1. The lowest BCUT2D eigenvalue weighted by molar-refractivity contribution is 0.182. The van der Waals surface area contributed by atoms with Crippen LogP contribution in [-0.2, 0) is 6.42 Å². The Bertz CT molecular complexity index is 694. The van der Waals surface area contributed by atoms with Crippen molar-refractivity contribution in [3.8, 4) is 5.69 Å². The monoisotopic (exact) mass is 360 g/mol. The first-order valence-electron chi connectivity index (χ1n) is 8.06. The molecule has 2 aliphatic rings. The van der Waals surface area contributed by atoms with E-state index < -0.39 is 0 Å². The van der Waals surface area contributed by atoms with Gasteiger partial charge in [-0.1, -0.05) is 18.6 Å². The second-order valence-corrected chi connectivity index (χ2v) is 7.10. The number of rotatable bonds is 2. The summed E-state index contributed by atoms with van der Waals surface area (Å²) < 4.78 is 3.17. The summed E-state index contributed by atoms with van der Waals surface area (Å²) in [5.41, 5.74) is 3.80. The number of likely N-dealkylation sites (tertiary alicyclic amines) is 1. The van der Waals surface area contributed by atoms with Gasteiger partial charge in [0.25, 0.3) is 0 Å². The second kappa shape index (κ2) is 5.70. The number of anilines is 1. The fourth-order valence-electron chi connectivity index (χ4n) is 3.69. The first-order valence-corrected chi connectivity index (χ1v) is 8.86. The minimum absolute atomic E-state index is 0.464. The summed E-state index contributed by atoms with van der Waals surface area (Å²) in [7, 11) is 2.23. The predicted octanol–water partition coefficient (Wildman–Crippen LogP) is 3.76. The van der Waals surface area contributed by atoms with Crippen LogP contribution in [0.25, 0.3) is 5.69 Å². The van der Waals surface area contributed by atoms with E-state index >= 15 is 0 Å². The lowest BCUT2D eigenvalue weighted by Gasteiger charge is -2.31. The third-order valence-electron chi connectivity index (χ3n) is 4.85. The molecular weight excluding hydrogens is 340 g/mol. The highest BCUT2D eigenvalue weighted by Gasteiger charge is 2.31. The van der Waals surface area contributed by atoms with Crippen molar-refractivity contribution in [2.45, 2.75) is 31.7 Å². The van der Waals surface area contributed by atoms with Crippen LogP contribution in [0.3, 0.4) is 0 Å². The Hall–Kier alpha value is -1.33. The molecule has 4 nitrogen and oxygen atoms in total. The molecule has 2 aliphatic heterocycles. The molecule has 0 aliphatic carbocycles. The Morgan fingerprint density at radius 1 is 1.27 bits per heavy atom. The molecule has 1 aromatic carbocycles. The Morgan fingerprint density at radius 3 is 2.95 bits per heavy atom. The molecule has 3 heterocycles. The second-order valence-electron chi connectivity index (χ2n) is 6.24. The quantitative estimate of drug-likeness (QED) is 0.884. The van der Waals surface area contributed by atoms with Crippen LogP contribution in [0.2, 0.25) is 0 Å². The van der Waals surface area contributed by atoms with E-state index in [0.29, 0.717) is 6.04 Å². The SMILES string of the molecule is CN1CCCCC1c1nn(-c2ccccc2Br)c2c1CCN2. The first kappa shape index (κ1) is 14.3. The number of piperidine rings is 1. The molecule has 1 aromatic heterocycles. The van der Waals surface area contributed by atoms with Gasteiger partial charge in [0.05, 0.1) is 17.4 Å². The Labute approximate surface area is 139 Å². The molecule has 0 saturated carbocycles.